The maximum atomic E-state index is 14.1. The molecule has 1 N–H and O–H groups in total. The summed E-state index contributed by atoms with van der Waals surface area (Å²) in [5, 5.41) is 2.73. The molecule has 0 radical (unpaired) electrons. The van der Waals surface area contributed by atoms with Crippen molar-refractivity contribution in [2.24, 2.45) is 0 Å². The lowest BCUT2D eigenvalue weighted by Gasteiger charge is -2.20. The topological polar surface area (TPSA) is 47.6 Å². The van der Waals surface area contributed by atoms with Crippen molar-refractivity contribution in [2.75, 3.05) is 12.1 Å². The summed E-state index contributed by atoms with van der Waals surface area (Å²) in [5.41, 5.74) is 0.828. The zero-order valence-corrected chi connectivity index (χ0v) is 18.8. The Morgan fingerprint density at radius 3 is 2.41 bits per heavy atom. The second kappa shape index (κ2) is 8.08. The minimum Gasteiger partial charge on any atom is -0.454 e. The van der Waals surface area contributed by atoms with E-state index in [2.05, 4.69) is 5.32 Å². The molecule has 0 spiro atoms. The van der Waals surface area contributed by atoms with Gasteiger partial charge in [0.2, 0.25) is 12.7 Å². The normalized spacial score (nSPS) is 15.9. The van der Waals surface area contributed by atoms with Crippen molar-refractivity contribution in [3.8, 4) is 22.6 Å². The fourth-order valence-corrected chi connectivity index (χ4v) is 4.55. The van der Waals surface area contributed by atoms with Crippen LogP contribution in [0.4, 0.5) is 18.9 Å². The van der Waals surface area contributed by atoms with Crippen LogP contribution in [0.25, 0.3) is 11.1 Å². The van der Waals surface area contributed by atoms with E-state index < -0.39 is 17.2 Å². The van der Waals surface area contributed by atoms with Crippen molar-refractivity contribution < 1.29 is 28.9 Å². The average Bonchev–Trinajstić information content (AvgIpc) is 3.49. The van der Waals surface area contributed by atoms with Crippen molar-refractivity contribution >= 4 is 11.6 Å². The van der Waals surface area contributed by atoms with Crippen molar-refractivity contribution in [3.63, 3.8) is 0 Å². The molecule has 178 valence electrons. The van der Waals surface area contributed by atoms with Crippen molar-refractivity contribution in [1.82, 2.24) is 0 Å². The van der Waals surface area contributed by atoms with Gasteiger partial charge in [0.1, 0.15) is 0 Å². The molecule has 1 heterocycles. The minimum atomic E-state index is -4.57. The van der Waals surface area contributed by atoms with Crippen LogP contribution in [-0.4, -0.2) is 12.7 Å². The standard InChI is InChI=1S/C27H24F3NO3.H2/c1-16(2)19-5-3-4-6-20(19)21-9-8-18(14-22(21)27(28,29)30)31-25(32)26(11-12-26)17-7-10-23-24(13-17)34-15-33-23;/h3-10,13-14,16H,11-12,15H2,1-2H3,(H,31,32);1H. The molecule has 1 fully saturated rings. The Morgan fingerprint density at radius 2 is 1.71 bits per heavy atom. The van der Waals surface area contributed by atoms with E-state index in [0.717, 1.165) is 17.2 Å². The fraction of sp³-hybridized carbons (Fsp3) is 0.296. The molecular formula is C27H26F3NO3. The molecule has 5 rings (SSSR count). The van der Waals surface area contributed by atoms with Gasteiger partial charge in [0.15, 0.2) is 11.5 Å². The quantitative estimate of drug-likeness (QED) is 0.432. The Morgan fingerprint density at radius 1 is 0.971 bits per heavy atom. The first kappa shape index (κ1) is 22.3. The van der Waals surface area contributed by atoms with Gasteiger partial charge in [-0.2, -0.15) is 13.2 Å². The second-order valence-corrected chi connectivity index (χ2v) is 9.10. The number of fused-ring (bicyclic) bond motifs is 1. The fourth-order valence-electron chi connectivity index (χ4n) is 4.55. The van der Waals surface area contributed by atoms with Gasteiger partial charge in [0, 0.05) is 7.11 Å². The number of carbonyl (C=O) groups is 1. The molecule has 1 amide bonds. The Kier molecular flexibility index (Phi) is 5.30. The zero-order chi connectivity index (χ0) is 24.1. The highest BCUT2D eigenvalue weighted by Gasteiger charge is 2.51. The smallest absolute Gasteiger partial charge is 0.417 e. The van der Waals surface area contributed by atoms with Crippen LogP contribution in [0.1, 0.15) is 50.7 Å². The van der Waals surface area contributed by atoms with Gasteiger partial charge in [-0.05, 0) is 65.3 Å². The molecule has 0 aromatic heterocycles. The average molecular weight is 470 g/mol. The van der Waals surface area contributed by atoms with E-state index in [9.17, 15) is 18.0 Å². The van der Waals surface area contributed by atoms with Crippen LogP contribution >= 0.6 is 0 Å². The molecule has 0 unspecified atom stereocenters. The Labute approximate surface area is 197 Å². The van der Waals surface area contributed by atoms with Crippen molar-refractivity contribution in [1.29, 1.82) is 0 Å². The van der Waals surface area contributed by atoms with E-state index in [0.29, 0.717) is 29.9 Å². The molecule has 4 nitrogen and oxygen atoms in total. The summed E-state index contributed by atoms with van der Waals surface area (Å²) in [5.74, 6) is 0.930. The summed E-state index contributed by atoms with van der Waals surface area (Å²) in [4.78, 5) is 13.2. The maximum absolute atomic E-state index is 14.1. The number of benzene rings is 3. The van der Waals surface area contributed by atoms with E-state index in [1.54, 1.807) is 24.3 Å². The number of carbonyl (C=O) groups excluding carboxylic acids is 1. The van der Waals surface area contributed by atoms with Crippen molar-refractivity contribution in [3.05, 3.63) is 77.4 Å². The van der Waals surface area contributed by atoms with Crippen molar-refractivity contribution in [2.45, 2.75) is 44.2 Å². The Balaban J connectivity index is 0.00000289. The first-order valence-electron chi connectivity index (χ1n) is 11.2. The van der Waals surface area contributed by atoms with Gasteiger partial charge in [-0.15, -0.1) is 0 Å². The van der Waals surface area contributed by atoms with E-state index in [4.69, 9.17) is 9.47 Å². The van der Waals surface area contributed by atoms with Crippen LogP contribution in [-0.2, 0) is 16.4 Å². The first-order chi connectivity index (χ1) is 16.2. The van der Waals surface area contributed by atoms with Crippen LogP contribution in [0.15, 0.2) is 60.7 Å². The van der Waals surface area contributed by atoms with Gasteiger partial charge in [-0.25, -0.2) is 0 Å². The number of hydrogen-bond acceptors (Lipinski definition) is 3. The molecule has 0 atom stereocenters. The molecule has 2 aliphatic rings. The number of nitrogens with one attached hydrogen (secondary N) is 1. The van der Waals surface area contributed by atoms with E-state index in [-0.39, 0.29) is 31.3 Å². The maximum Gasteiger partial charge on any atom is 0.417 e. The summed E-state index contributed by atoms with van der Waals surface area (Å²) in [7, 11) is 0. The van der Waals surface area contributed by atoms with Gasteiger partial charge < -0.3 is 14.8 Å². The summed E-state index contributed by atoms with van der Waals surface area (Å²) < 4.78 is 53.0. The summed E-state index contributed by atoms with van der Waals surface area (Å²) in [6.45, 7) is 4.03. The molecule has 1 saturated carbocycles. The van der Waals surface area contributed by atoms with Crippen LogP contribution in [0.5, 0.6) is 11.5 Å². The predicted molar refractivity (Wildman–Crippen MR) is 125 cm³/mol. The molecule has 34 heavy (non-hydrogen) atoms. The first-order valence-corrected chi connectivity index (χ1v) is 11.2. The summed E-state index contributed by atoms with van der Waals surface area (Å²) in [6, 6.07) is 16.5. The lowest BCUT2D eigenvalue weighted by Crippen LogP contribution is -2.28. The van der Waals surface area contributed by atoms with E-state index in [1.807, 2.05) is 32.0 Å². The minimum absolute atomic E-state index is 0. The number of rotatable bonds is 5. The SMILES string of the molecule is CC(C)c1ccccc1-c1ccc(NC(=O)C2(c3ccc4c(c3)OCO4)CC2)cc1C(F)(F)F.[HH]. The van der Waals surface area contributed by atoms with Gasteiger partial charge in [0.25, 0.3) is 0 Å². The van der Waals surface area contributed by atoms with Crippen LogP contribution in [0, 0.1) is 0 Å². The summed E-state index contributed by atoms with van der Waals surface area (Å²) in [6.07, 6.45) is -3.34. The molecule has 7 heteroatoms. The zero-order valence-electron chi connectivity index (χ0n) is 18.8. The van der Waals surface area contributed by atoms with Gasteiger partial charge in [-0.3, -0.25) is 4.79 Å². The molecule has 1 aliphatic carbocycles. The lowest BCUT2D eigenvalue weighted by atomic mass is 9.89. The van der Waals surface area contributed by atoms with E-state index >= 15 is 0 Å². The van der Waals surface area contributed by atoms with Gasteiger partial charge >= 0.3 is 6.18 Å². The number of halogens is 3. The molecule has 0 saturated heterocycles. The number of hydrogen-bond donors (Lipinski definition) is 1. The van der Waals surface area contributed by atoms with E-state index in [1.165, 1.54) is 12.1 Å². The lowest BCUT2D eigenvalue weighted by molar-refractivity contribution is -0.137. The summed E-state index contributed by atoms with van der Waals surface area (Å²) >= 11 is 0. The number of alkyl halides is 3. The van der Waals surface area contributed by atoms with Gasteiger partial charge in [-0.1, -0.05) is 50.2 Å². The molecule has 0 bridgehead atoms. The number of ether oxygens (including phenoxy) is 2. The van der Waals surface area contributed by atoms with Crippen LogP contribution in [0.2, 0.25) is 0 Å². The van der Waals surface area contributed by atoms with Crippen LogP contribution in [0.3, 0.4) is 0 Å². The number of amides is 1. The molecule has 3 aromatic carbocycles. The van der Waals surface area contributed by atoms with Gasteiger partial charge in [0.05, 0.1) is 11.0 Å². The molecule has 3 aromatic rings. The van der Waals surface area contributed by atoms with Crippen LogP contribution < -0.4 is 14.8 Å². The number of anilines is 1. The molecular weight excluding hydrogens is 443 g/mol. The second-order valence-electron chi connectivity index (χ2n) is 9.10. The molecule has 1 aliphatic heterocycles. The Hall–Kier alpha value is -3.48. The Bertz CT molecular complexity index is 1270. The third kappa shape index (κ3) is 3.89. The third-order valence-corrected chi connectivity index (χ3v) is 6.57. The highest BCUT2D eigenvalue weighted by atomic mass is 19.4. The largest absolute Gasteiger partial charge is 0.454 e. The highest BCUT2D eigenvalue weighted by Crippen LogP contribution is 2.51. The highest BCUT2D eigenvalue weighted by molar-refractivity contribution is 6.01. The predicted octanol–water partition coefficient (Wildman–Crippen LogP) is 7.14. The third-order valence-electron chi connectivity index (χ3n) is 6.57. The monoisotopic (exact) mass is 469 g/mol.